The summed E-state index contributed by atoms with van der Waals surface area (Å²) in [7, 11) is 0. The Hall–Kier alpha value is -1.95. The molecule has 6 heteroatoms. The Kier molecular flexibility index (Phi) is 2.81. The molecule has 0 bridgehead atoms. The van der Waals surface area contributed by atoms with Crippen LogP contribution < -0.4 is 10.6 Å². The fourth-order valence-electron chi connectivity index (χ4n) is 1.58. The van der Waals surface area contributed by atoms with Gasteiger partial charge < -0.3 is 15.7 Å². The van der Waals surface area contributed by atoms with Crippen molar-refractivity contribution in [2.45, 2.75) is 19.4 Å². The van der Waals surface area contributed by atoms with Crippen molar-refractivity contribution in [3.8, 4) is 0 Å². The maximum atomic E-state index is 13.6. The zero-order chi connectivity index (χ0) is 12.6. The summed E-state index contributed by atoms with van der Waals surface area (Å²) in [6, 6.07) is 2.54. The van der Waals surface area contributed by atoms with Crippen molar-refractivity contribution in [1.82, 2.24) is 0 Å². The largest absolute Gasteiger partial charge is 0.384 e. The first-order valence-electron chi connectivity index (χ1n) is 5.08. The number of aliphatic hydroxyl groups is 1. The van der Waals surface area contributed by atoms with Gasteiger partial charge in [0.1, 0.15) is 11.9 Å². The minimum atomic E-state index is -1.22. The highest BCUT2D eigenvalue weighted by molar-refractivity contribution is 6.01. The van der Waals surface area contributed by atoms with Gasteiger partial charge in [-0.15, -0.1) is 0 Å². The number of benzene rings is 1. The molecule has 1 aliphatic rings. The maximum Gasteiger partial charge on any atom is 0.252 e. The van der Waals surface area contributed by atoms with Crippen LogP contribution in [-0.2, 0) is 16.0 Å². The molecule has 0 saturated carbocycles. The third-order valence-electron chi connectivity index (χ3n) is 2.46. The topological polar surface area (TPSA) is 78.4 Å². The van der Waals surface area contributed by atoms with Crippen molar-refractivity contribution < 1.29 is 19.1 Å². The number of fused-ring (bicyclic) bond motifs is 1. The molecule has 0 unspecified atom stereocenters. The zero-order valence-electron chi connectivity index (χ0n) is 9.08. The molecule has 5 nitrogen and oxygen atoms in total. The van der Waals surface area contributed by atoms with Gasteiger partial charge in [-0.1, -0.05) is 0 Å². The molecule has 1 aromatic rings. The van der Waals surface area contributed by atoms with Crippen LogP contribution in [0.4, 0.5) is 15.8 Å². The molecule has 0 aliphatic carbocycles. The van der Waals surface area contributed by atoms with Gasteiger partial charge in [-0.05, 0) is 24.6 Å². The number of rotatable bonds is 2. The van der Waals surface area contributed by atoms with Gasteiger partial charge in [0.25, 0.3) is 5.91 Å². The Morgan fingerprint density at radius 2 is 2.29 bits per heavy atom. The van der Waals surface area contributed by atoms with E-state index in [9.17, 15) is 14.0 Å². The zero-order valence-corrected chi connectivity index (χ0v) is 9.08. The summed E-state index contributed by atoms with van der Waals surface area (Å²) >= 11 is 0. The lowest BCUT2D eigenvalue weighted by molar-refractivity contribution is -0.123. The Balaban J connectivity index is 2.28. The van der Waals surface area contributed by atoms with Crippen LogP contribution in [0.2, 0.25) is 0 Å². The number of amides is 2. The van der Waals surface area contributed by atoms with Gasteiger partial charge in [0.15, 0.2) is 0 Å². The first-order chi connectivity index (χ1) is 7.97. The molecule has 1 atom stereocenters. The normalized spacial score (nSPS) is 15.1. The SMILES string of the molecule is C[C@H](O)C(=O)Nc1cc2c(cc1F)CC(=O)N2. The molecule has 0 aromatic heterocycles. The average Bonchev–Trinajstić information content (AvgIpc) is 2.57. The van der Waals surface area contributed by atoms with Gasteiger partial charge in [0.05, 0.1) is 12.1 Å². The van der Waals surface area contributed by atoms with Crippen LogP contribution in [0.3, 0.4) is 0 Å². The quantitative estimate of drug-likeness (QED) is 0.707. The standard InChI is InChI=1S/C11H11FN2O3/c1-5(15)11(17)14-9-4-8-6(2-7(9)12)3-10(16)13-8/h2,4-5,15H,3H2,1H3,(H,13,16)(H,14,17)/t5-/m0/s1. The number of nitrogens with one attached hydrogen (secondary N) is 2. The molecule has 0 radical (unpaired) electrons. The van der Waals surface area contributed by atoms with E-state index < -0.39 is 17.8 Å². The van der Waals surface area contributed by atoms with E-state index in [1.165, 1.54) is 19.1 Å². The number of halogens is 1. The van der Waals surface area contributed by atoms with E-state index in [1.54, 1.807) is 0 Å². The fraction of sp³-hybridized carbons (Fsp3) is 0.273. The van der Waals surface area contributed by atoms with E-state index >= 15 is 0 Å². The maximum absolute atomic E-state index is 13.6. The number of hydrogen-bond donors (Lipinski definition) is 3. The van der Waals surface area contributed by atoms with Crippen molar-refractivity contribution in [2.24, 2.45) is 0 Å². The smallest absolute Gasteiger partial charge is 0.252 e. The van der Waals surface area contributed by atoms with E-state index in [2.05, 4.69) is 10.6 Å². The molecule has 1 heterocycles. The molecule has 3 N–H and O–H groups in total. The number of carbonyl (C=O) groups is 2. The van der Waals surface area contributed by atoms with Crippen LogP contribution in [0, 0.1) is 5.82 Å². The molecule has 1 aliphatic heterocycles. The second-order valence-corrected chi connectivity index (χ2v) is 3.88. The molecule has 0 saturated heterocycles. The van der Waals surface area contributed by atoms with Gasteiger partial charge >= 0.3 is 0 Å². The van der Waals surface area contributed by atoms with Crippen LogP contribution in [-0.4, -0.2) is 23.0 Å². The predicted octanol–water partition coefficient (Wildman–Crippen LogP) is 0.640. The van der Waals surface area contributed by atoms with Crippen molar-refractivity contribution in [3.05, 3.63) is 23.5 Å². The van der Waals surface area contributed by atoms with Crippen molar-refractivity contribution in [1.29, 1.82) is 0 Å². The second kappa shape index (κ2) is 4.14. The summed E-state index contributed by atoms with van der Waals surface area (Å²) in [5.74, 6) is -1.54. The minimum Gasteiger partial charge on any atom is -0.384 e. The fourth-order valence-corrected chi connectivity index (χ4v) is 1.58. The van der Waals surface area contributed by atoms with Gasteiger partial charge in [-0.2, -0.15) is 0 Å². The van der Waals surface area contributed by atoms with Crippen LogP contribution in [0.25, 0.3) is 0 Å². The number of carbonyl (C=O) groups excluding carboxylic acids is 2. The predicted molar refractivity (Wildman–Crippen MR) is 59.0 cm³/mol. The lowest BCUT2D eigenvalue weighted by Gasteiger charge is -2.09. The van der Waals surface area contributed by atoms with Gasteiger partial charge in [-0.3, -0.25) is 9.59 Å². The first-order valence-corrected chi connectivity index (χ1v) is 5.08. The van der Waals surface area contributed by atoms with Gasteiger partial charge in [0.2, 0.25) is 5.91 Å². The number of anilines is 2. The van der Waals surface area contributed by atoms with E-state index in [4.69, 9.17) is 5.11 Å². The van der Waals surface area contributed by atoms with E-state index in [1.807, 2.05) is 0 Å². The summed E-state index contributed by atoms with van der Waals surface area (Å²) in [5, 5.41) is 13.8. The molecule has 1 aromatic carbocycles. The lowest BCUT2D eigenvalue weighted by Crippen LogP contribution is -2.25. The van der Waals surface area contributed by atoms with Crippen LogP contribution in [0.1, 0.15) is 12.5 Å². The Morgan fingerprint density at radius 1 is 1.59 bits per heavy atom. The summed E-state index contributed by atoms with van der Waals surface area (Å²) in [6.07, 6.45) is -1.09. The Morgan fingerprint density at radius 3 is 2.94 bits per heavy atom. The van der Waals surface area contributed by atoms with E-state index in [-0.39, 0.29) is 18.0 Å². The molecule has 17 heavy (non-hydrogen) atoms. The van der Waals surface area contributed by atoms with E-state index in [0.717, 1.165) is 0 Å². The highest BCUT2D eigenvalue weighted by atomic mass is 19.1. The molecule has 90 valence electrons. The monoisotopic (exact) mass is 238 g/mol. The molecule has 2 amide bonds. The van der Waals surface area contributed by atoms with Gasteiger partial charge in [0, 0.05) is 5.69 Å². The molecule has 0 fully saturated rings. The third kappa shape index (κ3) is 2.26. The highest BCUT2D eigenvalue weighted by Crippen LogP contribution is 2.29. The highest BCUT2D eigenvalue weighted by Gasteiger charge is 2.21. The summed E-state index contributed by atoms with van der Waals surface area (Å²) in [4.78, 5) is 22.3. The lowest BCUT2D eigenvalue weighted by atomic mass is 10.1. The summed E-state index contributed by atoms with van der Waals surface area (Å²) in [6.45, 7) is 1.28. The van der Waals surface area contributed by atoms with Gasteiger partial charge in [-0.25, -0.2) is 4.39 Å². The van der Waals surface area contributed by atoms with E-state index in [0.29, 0.717) is 11.3 Å². The van der Waals surface area contributed by atoms with Crippen molar-refractivity contribution >= 4 is 23.2 Å². The number of hydrogen-bond acceptors (Lipinski definition) is 3. The van der Waals surface area contributed by atoms with Crippen molar-refractivity contribution in [3.63, 3.8) is 0 Å². The van der Waals surface area contributed by atoms with Crippen molar-refractivity contribution in [2.75, 3.05) is 10.6 Å². The summed E-state index contributed by atoms with van der Waals surface area (Å²) < 4.78 is 13.6. The Labute approximate surface area is 96.6 Å². The average molecular weight is 238 g/mol. The Bertz CT molecular complexity index is 500. The van der Waals surface area contributed by atoms with Crippen LogP contribution in [0.15, 0.2) is 12.1 Å². The van der Waals surface area contributed by atoms with Crippen LogP contribution >= 0.6 is 0 Å². The second-order valence-electron chi connectivity index (χ2n) is 3.88. The molecule has 2 rings (SSSR count). The molecular weight excluding hydrogens is 227 g/mol. The number of aliphatic hydroxyl groups excluding tert-OH is 1. The molecule has 0 spiro atoms. The van der Waals surface area contributed by atoms with Crippen LogP contribution in [0.5, 0.6) is 0 Å². The molecular formula is C11H11FN2O3. The first kappa shape index (κ1) is 11.5. The third-order valence-corrected chi connectivity index (χ3v) is 2.46. The summed E-state index contributed by atoms with van der Waals surface area (Å²) in [5.41, 5.74) is 0.983. The minimum absolute atomic E-state index is 0.0585.